The standard InChI is InChI=1S/C35H42N2O4/c1-35(2,3)34(39)41-30-17-15-29(16-18-30)33(31(19-20-32(38)40-5)27-9-7-6-8-10-27)28-13-11-26(12-14-28)25-37-23-21-36(4)22-24-37/h6-18H,19-25H2,1-5H3/b33-31+. The molecule has 1 aliphatic heterocycles. The molecule has 216 valence electrons. The topological polar surface area (TPSA) is 59.1 Å². The van der Waals surface area contributed by atoms with Crippen molar-refractivity contribution in [3.05, 3.63) is 101 Å². The van der Waals surface area contributed by atoms with Crippen LogP contribution in [-0.4, -0.2) is 62.1 Å². The molecule has 3 aromatic rings. The number of esters is 2. The maximum atomic E-state index is 12.5. The molecule has 0 bridgehead atoms. The van der Waals surface area contributed by atoms with Gasteiger partial charge in [0.25, 0.3) is 0 Å². The SMILES string of the molecule is COC(=O)CC/C(=C(/c1ccc(CN2CCN(C)CC2)cc1)c1ccc(OC(=O)C(C)(C)C)cc1)c1ccccc1. The molecule has 1 fully saturated rings. The predicted octanol–water partition coefficient (Wildman–Crippen LogP) is 6.30. The number of nitrogens with zero attached hydrogens (tertiary/aromatic N) is 2. The molecule has 0 radical (unpaired) electrons. The van der Waals surface area contributed by atoms with Crippen LogP contribution in [0.5, 0.6) is 5.75 Å². The van der Waals surface area contributed by atoms with E-state index in [9.17, 15) is 9.59 Å². The number of methoxy groups -OCH3 is 1. The fourth-order valence-corrected chi connectivity index (χ4v) is 4.89. The number of benzene rings is 3. The molecule has 0 unspecified atom stereocenters. The molecule has 0 atom stereocenters. The van der Waals surface area contributed by atoms with Crippen LogP contribution in [-0.2, 0) is 20.9 Å². The van der Waals surface area contributed by atoms with Crippen molar-refractivity contribution in [1.82, 2.24) is 9.80 Å². The number of carbonyl (C=O) groups excluding carboxylic acids is 2. The largest absolute Gasteiger partial charge is 0.469 e. The number of rotatable bonds is 9. The van der Waals surface area contributed by atoms with Crippen molar-refractivity contribution in [2.24, 2.45) is 5.41 Å². The summed E-state index contributed by atoms with van der Waals surface area (Å²) in [6.07, 6.45) is 0.794. The first kappa shape index (κ1) is 30.2. The van der Waals surface area contributed by atoms with Gasteiger partial charge in [0.1, 0.15) is 5.75 Å². The third kappa shape index (κ3) is 8.38. The molecule has 0 aliphatic carbocycles. The van der Waals surface area contributed by atoms with Crippen LogP contribution in [0.1, 0.15) is 55.9 Å². The Labute approximate surface area is 244 Å². The normalized spacial score (nSPS) is 15.2. The first-order valence-corrected chi connectivity index (χ1v) is 14.3. The molecule has 1 heterocycles. The van der Waals surface area contributed by atoms with Crippen molar-refractivity contribution in [3.8, 4) is 5.75 Å². The van der Waals surface area contributed by atoms with Crippen molar-refractivity contribution in [1.29, 1.82) is 0 Å². The van der Waals surface area contributed by atoms with Gasteiger partial charge in [-0.25, -0.2) is 0 Å². The number of ether oxygens (including phenoxy) is 2. The van der Waals surface area contributed by atoms with Crippen LogP contribution >= 0.6 is 0 Å². The maximum Gasteiger partial charge on any atom is 0.316 e. The molecule has 3 aromatic carbocycles. The number of hydrogen-bond donors (Lipinski definition) is 0. The summed E-state index contributed by atoms with van der Waals surface area (Å²) in [5, 5.41) is 0. The minimum Gasteiger partial charge on any atom is -0.469 e. The molecule has 6 heteroatoms. The molecule has 1 aliphatic rings. The monoisotopic (exact) mass is 554 g/mol. The molecule has 0 aromatic heterocycles. The van der Waals surface area contributed by atoms with E-state index in [1.165, 1.54) is 12.7 Å². The molecule has 4 rings (SSSR count). The Kier molecular flexibility index (Phi) is 10.1. The van der Waals surface area contributed by atoms with E-state index in [1.54, 1.807) is 0 Å². The van der Waals surface area contributed by atoms with Crippen LogP contribution < -0.4 is 4.74 Å². The maximum absolute atomic E-state index is 12.5. The summed E-state index contributed by atoms with van der Waals surface area (Å²) in [6.45, 7) is 10.8. The zero-order valence-corrected chi connectivity index (χ0v) is 25.0. The Balaban J connectivity index is 1.73. The number of piperazine rings is 1. The predicted molar refractivity (Wildman–Crippen MR) is 164 cm³/mol. The van der Waals surface area contributed by atoms with Crippen LogP contribution in [0.4, 0.5) is 0 Å². The fraction of sp³-hybridized carbons (Fsp3) is 0.371. The number of likely N-dealkylation sites (N-methyl/N-ethyl adjacent to an activating group) is 1. The van der Waals surface area contributed by atoms with Crippen LogP contribution in [0.25, 0.3) is 11.1 Å². The summed E-state index contributed by atoms with van der Waals surface area (Å²) in [5.41, 5.74) is 5.88. The highest BCUT2D eigenvalue weighted by molar-refractivity contribution is 5.99. The van der Waals surface area contributed by atoms with Crippen LogP contribution in [0.2, 0.25) is 0 Å². The molecule has 6 nitrogen and oxygen atoms in total. The lowest BCUT2D eigenvalue weighted by molar-refractivity contribution is -0.143. The smallest absolute Gasteiger partial charge is 0.316 e. The minimum absolute atomic E-state index is 0.246. The van der Waals surface area contributed by atoms with Crippen LogP contribution in [0.15, 0.2) is 78.9 Å². The molecule has 0 amide bonds. The molecule has 0 N–H and O–H groups in total. The lowest BCUT2D eigenvalue weighted by atomic mass is 9.87. The van der Waals surface area contributed by atoms with Gasteiger partial charge in [-0.3, -0.25) is 14.5 Å². The zero-order valence-electron chi connectivity index (χ0n) is 25.0. The van der Waals surface area contributed by atoms with Gasteiger partial charge in [0.15, 0.2) is 0 Å². The molecule has 1 saturated heterocycles. The average Bonchev–Trinajstić information content (AvgIpc) is 2.97. The molecular formula is C35H42N2O4. The summed E-state index contributed by atoms with van der Waals surface area (Å²) in [6, 6.07) is 26.6. The third-order valence-electron chi connectivity index (χ3n) is 7.44. The van der Waals surface area contributed by atoms with Gasteiger partial charge in [-0.05, 0) is 79.8 Å². The first-order valence-electron chi connectivity index (χ1n) is 14.3. The second kappa shape index (κ2) is 13.7. The van der Waals surface area contributed by atoms with E-state index in [1.807, 2.05) is 63.2 Å². The first-order chi connectivity index (χ1) is 19.6. The van der Waals surface area contributed by atoms with Crippen molar-refractivity contribution in [2.45, 2.75) is 40.2 Å². The molecule has 0 saturated carbocycles. The lowest BCUT2D eigenvalue weighted by Gasteiger charge is -2.32. The highest BCUT2D eigenvalue weighted by Gasteiger charge is 2.24. The summed E-state index contributed by atoms with van der Waals surface area (Å²) >= 11 is 0. The van der Waals surface area contributed by atoms with Crippen LogP contribution in [0, 0.1) is 5.41 Å². The van der Waals surface area contributed by atoms with Gasteiger partial charge in [0.2, 0.25) is 0 Å². The van der Waals surface area contributed by atoms with E-state index in [0.717, 1.165) is 60.6 Å². The van der Waals surface area contributed by atoms with E-state index in [2.05, 4.69) is 53.2 Å². The number of allylic oxidation sites excluding steroid dienone is 1. The highest BCUT2D eigenvalue weighted by Crippen LogP contribution is 2.36. The second-order valence-corrected chi connectivity index (χ2v) is 11.7. The lowest BCUT2D eigenvalue weighted by Crippen LogP contribution is -2.43. The molecule has 0 spiro atoms. The quantitative estimate of drug-likeness (QED) is 0.176. The van der Waals surface area contributed by atoms with Gasteiger partial charge >= 0.3 is 11.9 Å². The third-order valence-corrected chi connectivity index (χ3v) is 7.44. The van der Waals surface area contributed by atoms with Crippen molar-refractivity contribution in [3.63, 3.8) is 0 Å². The Morgan fingerprint density at radius 1 is 0.756 bits per heavy atom. The fourth-order valence-electron chi connectivity index (χ4n) is 4.89. The minimum atomic E-state index is -0.593. The van der Waals surface area contributed by atoms with E-state index in [4.69, 9.17) is 9.47 Å². The molecular weight excluding hydrogens is 512 g/mol. The van der Waals surface area contributed by atoms with E-state index in [0.29, 0.717) is 12.2 Å². The van der Waals surface area contributed by atoms with E-state index >= 15 is 0 Å². The Morgan fingerprint density at radius 3 is 1.90 bits per heavy atom. The average molecular weight is 555 g/mol. The van der Waals surface area contributed by atoms with E-state index in [-0.39, 0.29) is 18.4 Å². The zero-order chi connectivity index (χ0) is 29.4. The summed E-state index contributed by atoms with van der Waals surface area (Å²) in [4.78, 5) is 29.5. The summed E-state index contributed by atoms with van der Waals surface area (Å²) < 4.78 is 10.6. The van der Waals surface area contributed by atoms with Gasteiger partial charge < -0.3 is 14.4 Å². The number of hydrogen-bond acceptors (Lipinski definition) is 6. The van der Waals surface area contributed by atoms with Gasteiger partial charge in [-0.2, -0.15) is 0 Å². The van der Waals surface area contributed by atoms with Gasteiger partial charge in [0, 0.05) is 39.1 Å². The summed E-state index contributed by atoms with van der Waals surface area (Å²) in [5.74, 6) is -0.0175. The van der Waals surface area contributed by atoms with Gasteiger partial charge in [-0.1, -0.05) is 66.7 Å². The Bertz CT molecular complexity index is 1330. The van der Waals surface area contributed by atoms with Crippen molar-refractivity contribution in [2.75, 3.05) is 40.3 Å². The van der Waals surface area contributed by atoms with Gasteiger partial charge in [-0.15, -0.1) is 0 Å². The van der Waals surface area contributed by atoms with Gasteiger partial charge in [0.05, 0.1) is 12.5 Å². The van der Waals surface area contributed by atoms with Crippen LogP contribution in [0.3, 0.4) is 0 Å². The summed E-state index contributed by atoms with van der Waals surface area (Å²) in [7, 11) is 3.59. The van der Waals surface area contributed by atoms with Crippen molar-refractivity contribution < 1.29 is 19.1 Å². The second-order valence-electron chi connectivity index (χ2n) is 11.7. The Morgan fingerprint density at radius 2 is 1.34 bits per heavy atom. The van der Waals surface area contributed by atoms with Crippen molar-refractivity contribution >= 4 is 23.1 Å². The van der Waals surface area contributed by atoms with E-state index < -0.39 is 5.41 Å². The molecule has 41 heavy (non-hydrogen) atoms. The highest BCUT2D eigenvalue weighted by atomic mass is 16.5. The number of carbonyl (C=O) groups is 2. The Hall–Kier alpha value is -3.74.